The second kappa shape index (κ2) is 30.2. The van der Waals surface area contributed by atoms with E-state index in [1.54, 1.807) is 0 Å². The normalized spacial score (nSPS) is 11.9. The molecule has 0 aliphatic carbocycles. The van der Waals surface area contributed by atoms with Crippen LogP contribution >= 0.6 is 0 Å². The van der Waals surface area contributed by atoms with E-state index in [0.29, 0.717) is 0 Å². The minimum absolute atomic E-state index is 0.178. The Morgan fingerprint density at radius 2 is 0.609 bits per heavy atom. The molecule has 46 heavy (non-hydrogen) atoms. The highest BCUT2D eigenvalue weighted by atomic mass is 32.2. The number of unbranched alkanes of at least 4 members (excludes halogenated alkanes) is 27. The molecule has 0 fully saturated rings. The van der Waals surface area contributed by atoms with Gasteiger partial charge in [0.15, 0.2) is 0 Å². The van der Waals surface area contributed by atoms with Crippen LogP contribution in [0.5, 0.6) is 0 Å². The van der Waals surface area contributed by atoms with Gasteiger partial charge in [0.2, 0.25) is 0 Å². The van der Waals surface area contributed by atoms with Crippen LogP contribution in [0.2, 0.25) is 0 Å². The van der Waals surface area contributed by atoms with E-state index in [0.717, 1.165) is 49.7 Å². The van der Waals surface area contributed by atoms with E-state index in [-0.39, 0.29) is 4.90 Å². The van der Waals surface area contributed by atoms with Crippen molar-refractivity contribution in [3.8, 4) is 0 Å². The van der Waals surface area contributed by atoms with Gasteiger partial charge >= 0.3 is 0 Å². The largest absolute Gasteiger partial charge is 0.294 e. The van der Waals surface area contributed by atoms with E-state index >= 15 is 0 Å². The van der Waals surface area contributed by atoms with Gasteiger partial charge in [0.05, 0.1) is 4.90 Å². The van der Waals surface area contributed by atoms with E-state index in [4.69, 9.17) is 0 Å². The van der Waals surface area contributed by atoms with Gasteiger partial charge in [-0.15, -0.1) is 0 Å². The summed E-state index contributed by atoms with van der Waals surface area (Å²) >= 11 is 0. The molecule has 1 rings (SSSR count). The highest BCUT2D eigenvalue weighted by molar-refractivity contribution is 7.85. The second-order valence-electron chi connectivity index (χ2n) is 14.5. The van der Waals surface area contributed by atoms with Crippen LogP contribution in [0.25, 0.3) is 0 Å². The molecule has 0 heterocycles. The summed E-state index contributed by atoms with van der Waals surface area (Å²) in [5.41, 5.74) is 3.34. The molecule has 1 aromatic carbocycles. The number of hydrogen-bond acceptors (Lipinski definition) is 2. The van der Waals surface area contributed by atoms with Crippen molar-refractivity contribution in [1.29, 1.82) is 0 Å². The Labute approximate surface area is 288 Å². The average molecular weight is 663 g/mol. The van der Waals surface area contributed by atoms with Gasteiger partial charge < -0.3 is 0 Å². The lowest BCUT2D eigenvalue weighted by Gasteiger charge is -2.16. The van der Waals surface area contributed by atoms with Crippen molar-refractivity contribution in [2.45, 2.75) is 238 Å². The molecule has 1 N–H and O–H groups in total. The van der Waals surface area contributed by atoms with E-state index in [1.807, 2.05) is 6.07 Å². The predicted octanol–water partition coefficient (Wildman–Crippen LogP) is 14.3. The molecule has 3 nitrogen and oxygen atoms in total. The van der Waals surface area contributed by atoms with E-state index < -0.39 is 10.1 Å². The van der Waals surface area contributed by atoms with Crippen molar-refractivity contribution in [3.63, 3.8) is 0 Å². The maximum absolute atomic E-state index is 12.5. The first-order chi connectivity index (χ1) is 22.4. The van der Waals surface area contributed by atoms with Gasteiger partial charge in [0.25, 0.3) is 10.1 Å². The third kappa shape index (κ3) is 23.5. The zero-order valence-corrected chi connectivity index (χ0v) is 32.0. The zero-order chi connectivity index (χ0) is 33.6. The Bertz CT molecular complexity index is 923. The van der Waals surface area contributed by atoms with Gasteiger partial charge in [-0.25, -0.2) is 0 Å². The quantitative estimate of drug-likeness (QED) is 0.0590. The Hall–Kier alpha value is -0.870. The molecule has 270 valence electrons. The second-order valence-corrected chi connectivity index (χ2v) is 15.9. The lowest BCUT2D eigenvalue weighted by Crippen LogP contribution is -2.08. The lowest BCUT2D eigenvalue weighted by atomic mass is 9.93. The highest BCUT2D eigenvalue weighted by Gasteiger charge is 2.19. The Kier molecular flexibility index (Phi) is 28.3. The Morgan fingerprint density at radius 1 is 0.370 bits per heavy atom. The van der Waals surface area contributed by atoms with E-state index in [2.05, 4.69) is 26.8 Å². The van der Waals surface area contributed by atoms with E-state index in [1.165, 1.54) is 179 Å². The summed E-state index contributed by atoms with van der Waals surface area (Å²) < 4.78 is 35.3. The van der Waals surface area contributed by atoms with E-state index in [9.17, 15) is 13.0 Å². The number of hydrogen-bond donors (Lipinski definition) is 1. The molecule has 0 spiro atoms. The summed E-state index contributed by atoms with van der Waals surface area (Å²) in [6, 6.07) is 4.04. The molecule has 4 heteroatoms. The van der Waals surface area contributed by atoms with Crippen molar-refractivity contribution in [1.82, 2.24) is 0 Å². The smallest absolute Gasteiger partial charge is 0.282 e. The van der Waals surface area contributed by atoms with Crippen LogP contribution < -0.4 is 0 Å². The first-order valence-corrected chi connectivity index (χ1v) is 22.0. The number of rotatable bonds is 34. The Morgan fingerprint density at radius 3 is 0.891 bits per heavy atom. The maximum Gasteiger partial charge on any atom is 0.294 e. The molecule has 0 saturated carbocycles. The standard InChI is InChI=1S/C42H78O3S/c1-4-7-10-13-16-19-22-25-28-31-34-39-37-41(36-33-30-27-24-21-18-15-12-9-6-3)42(46(43,44)45)38-40(39)35-32-29-26-23-20-17-14-11-8-5-2/h37-38H,4-36H2,1-3H3,(H,43,44,45). The van der Waals surface area contributed by atoms with Crippen molar-refractivity contribution in [2.75, 3.05) is 0 Å². The molecule has 0 aliphatic rings. The van der Waals surface area contributed by atoms with Gasteiger partial charge in [0, 0.05) is 0 Å². The fourth-order valence-electron chi connectivity index (χ4n) is 7.03. The molecule has 0 radical (unpaired) electrons. The van der Waals surface area contributed by atoms with Gasteiger partial charge in [0.1, 0.15) is 0 Å². The summed E-state index contributed by atoms with van der Waals surface area (Å²) in [6.07, 6.45) is 41.6. The minimum Gasteiger partial charge on any atom is -0.282 e. The molecule has 0 bridgehead atoms. The lowest BCUT2D eigenvalue weighted by molar-refractivity contribution is 0.481. The van der Waals surface area contributed by atoms with Crippen LogP contribution in [0.3, 0.4) is 0 Å². The van der Waals surface area contributed by atoms with Crippen LogP contribution in [0.15, 0.2) is 17.0 Å². The maximum atomic E-state index is 12.5. The molecule has 1 aromatic rings. The average Bonchev–Trinajstić information content (AvgIpc) is 3.03. The van der Waals surface area contributed by atoms with Gasteiger partial charge in [-0.3, -0.25) is 4.55 Å². The fraction of sp³-hybridized carbons (Fsp3) is 0.857. The third-order valence-electron chi connectivity index (χ3n) is 10.1. The van der Waals surface area contributed by atoms with Crippen molar-refractivity contribution in [2.24, 2.45) is 0 Å². The molecule has 0 aliphatic heterocycles. The monoisotopic (exact) mass is 663 g/mol. The van der Waals surface area contributed by atoms with Crippen molar-refractivity contribution in [3.05, 3.63) is 28.8 Å². The molecule has 0 saturated heterocycles. The fourth-order valence-corrected chi connectivity index (χ4v) is 7.81. The van der Waals surface area contributed by atoms with Crippen molar-refractivity contribution >= 4 is 10.1 Å². The first-order valence-electron chi connectivity index (χ1n) is 20.6. The first kappa shape index (κ1) is 43.2. The van der Waals surface area contributed by atoms with Crippen LogP contribution in [-0.4, -0.2) is 13.0 Å². The topological polar surface area (TPSA) is 54.4 Å². The van der Waals surface area contributed by atoms with Crippen molar-refractivity contribution < 1.29 is 13.0 Å². The van der Waals surface area contributed by atoms with Crippen LogP contribution in [0.4, 0.5) is 0 Å². The third-order valence-corrected chi connectivity index (χ3v) is 11.0. The highest BCUT2D eigenvalue weighted by Crippen LogP contribution is 2.27. The van der Waals surface area contributed by atoms with Gasteiger partial charge in [-0.2, -0.15) is 8.42 Å². The molecule has 0 amide bonds. The summed E-state index contributed by atoms with van der Waals surface area (Å²) in [5.74, 6) is 0. The summed E-state index contributed by atoms with van der Waals surface area (Å²) in [6.45, 7) is 6.81. The SMILES string of the molecule is CCCCCCCCCCCCc1cc(CCCCCCCCCCCC)c(S(=O)(=O)O)cc1CCCCCCCCCCCC. The molecular formula is C42H78O3S. The van der Waals surface area contributed by atoms with Crippen LogP contribution in [0.1, 0.15) is 230 Å². The summed E-state index contributed by atoms with van der Waals surface area (Å²) in [5, 5.41) is 0. The molecule has 0 aromatic heterocycles. The number of aryl methyl sites for hydroxylation is 3. The molecular weight excluding hydrogens is 585 g/mol. The van der Waals surface area contributed by atoms with Crippen LogP contribution in [-0.2, 0) is 29.4 Å². The summed E-state index contributed by atoms with van der Waals surface area (Å²) in [4.78, 5) is 0.178. The van der Waals surface area contributed by atoms with Gasteiger partial charge in [-0.05, 0) is 61.3 Å². The van der Waals surface area contributed by atoms with Gasteiger partial charge in [-0.1, -0.05) is 200 Å². The molecule has 0 unspecified atom stereocenters. The van der Waals surface area contributed by atoms with Crippen LogP contribution in [0, 0.1) is 0 Å². The molecule has 0 atom stereocenters. The minimum atomic E-state index is -4.23. The zero-order valence-electron chi connectivity index (χ0n) is 31.2. The Balaban J connectivity index is 2.69. The predicted molar refractivity (Wildman–Crippen MR) is 203 cm³/mol. The summed E-state index contributed by atoms with van der Waals surface area (Å²) in [7, 11) is -4.23. The number of benzene rings is 1.